The van der Waals surface area contributed by atoms with Gasteiger partial charge in [0.05, 0.1) is 16.6 Å². The number of rotatable bonds is 4. The molecule has 3 heterocycles. The number of amides is 1. The Morgan fingerprint density at radius 2 is 1.91 bits per heavy atom. The van der Waals surface area contributed by atoms with E-state index < -0.39 is 11.7 Å². The van der Waals surface area contributed by atoms with Crippen LogP contribution in [0, 0.1) is 0 Å². The van der Waals surface area contributed by atoms with Crippen molar-refractivity contribution in [3.8, 4) is 0 Å². The molecule has 5 rings (SSSR count). The van der Waals surface area contributed by atoms with Gasteiger partial charge in [-0.15, -0.1) is 0 Å². The molecule has 1 amide bonds. The highest BCUT2D eigenvalue weighted by molar-refractivity contribution is 5.94. The molecule has 1 fully saturated rings. The molecule has 1 aliphatic carbocycles. The van der Waals surface area contributed by atoms with E-state index in [4.69, 9.17) is 4.74 Å². The summed E-state index contributed by atoms with van der Waals surface area (Å²) in [4.78, 5) is 34.8. The van der Waals surface area contributed by atoms with Crippen molar-refractivity contribution in [1.82, 2.24) is 19.4 Å². The van der Waals surface area contributed by atoms with E-state index in [2.05, 4.69) is 9.97 Å². The van der Waals surface area contributed by atoms with Gasteiger partial charge in [0.25, 0.3) is 11.5 Å². The van der Waals surface area contributed by atoms with Crippen molar-refractivity contribution in [2.75, 3.05) is 20.2 Å². The minimum Gasteiger partial charge on any atom is -0.377 e. The number of methoxy groups -OCH3 is 1. The van der Waals surface area contributed by atoms with E-state index in [1.54, 1.807) is 11.0 Å². The molecule has 7 nitrogen and oxygen atoms in total. The van der Waals surface area contributed by atoms with Gasteiger partial charge < -0.3 is 19.2 Å². The number of carbonyl (C=O) groups excluding carboxylic acids is 1. The molecular formula is C25H27F3N4O3. The molecule has 1 aromatic carbocycles. The summed E-state index contributed by atoms with van der Waals surface area (Å²) in [7, 11) is 1.52. The molecule has 1 aliphatic heterocycles. The zero-order valence-electron chi connectivity index (χ0n) is 19.5. The summed E-state index contributed by atoms with van der Waals surface area (Å²) >= 11 is 0. The van der Waals surface area contributed by atoms with E-state index in [1.165, 1.54) is 13.2 Å². The zero-order valence-corrected chi connectivity index (χ0v) is 19.5. The SMILES string of the molecule is COCc1nc2cc(C(F)(F)F)ccc2n1C1CCN(C(=O)c2cc3c([nH]c2=O)CCCC3)CC1. The number of pyridine rings is 1. The molecule has 1 N–H and O–H groups in total. The fraction of sp³-hybridized carbons (Fsp3) is 0.480. The maximum absolute atomic E-state index is 13.2. The van der Waals surface area contributed by atoms with Crippen LogP contribution in [0.25, 0.3) is 11.0 Å². The molecule has 0 bridgehead atoms. The number of H-pyrrole nitrogens is 1. The number of halogens is 3. The molecule has 2 aliphatic rings. The summed E-state index contributed by atoms with van der Waals surface area (Å²) in [6, 6.07) is 5.28. The van der Waals surface area contributed by atoms with E-state index in [0.29, 0.717) is 37.3 Å². The van der Waals surface area contributed by atoms with Gasteiger partial charge in [-0.25, -0.2) is 4.98 Å². The molecule has 3 aromatic rings. The Bertz CT molecular complexity index is 1320. The fourth-order valence-electron chi connectivity index (χ4n) is 5.29. The standard InChI is InChI=1S/C25H27F3N4O3/c1-35-14-22-29-20-13-16(25(26,27)28)6-7-21(20)32(22)17-8-10-31(11-9-17)24(34)18-12-15-4-2-3-5-19(15)30-23(18)33/h6-7,12-13,17H,2-5,8-11,14H2,1H3,(H,30,33). The number of benzene rings is 1. The molecule has 0 atom stereocenters. The van der Waals surface area contributed by atoms with Crippen LogP contribution in [0.15, 0.2) is 29.1 Å². The number of aromatic amines is 1. The van der Waals surface area contributed by atoms with Crippen LogP contribution in [0.4, 0.5) is 13.2 Å². The average Bonchev–Trinajstić information content (AvgIpc) is 3.20. The number of aromatic nitrogens is 3. The number of alkyl halides is 3. The van der Waals surface area contributed by atoms with Crippen molar-refractivity contribution < 1.29 is 22.7 Å². The Balaban J connectivity index is 1.37. The third kappa shape index (κ3) is 4.47. The summed E-state index contributed by atoms with van der Waals surface area (Å²) in [6.45, 7) is 1.04. The molecule has 0 saturated carbocycles. The summed E-state index contributed by atoms with van der Waals surface area (Å²) in [6.07, 6.45) is 0.522. The van der Waals surface area contributed by atoms with E-state index in [0.717, 1.165) is 49.1 Å². The van der Waals surface area contributed by atoms with Crippen LogP contribution < -0.4 is 5.56 Å². The second kappa shape index (κ2) is 9.14. The quantitative estimate of drug-likeness (QED) is 0.596. The Kier molecular flexibility index (Phi) is 6.16. The Morgan fingerprint density at radius 1 is 1.17 bits per heavy atom. The van der Waals surface area contributed by atoms with Crippen molar-refractivity contribution in [3.05, 3.63) is 62.8 Å². The third-order valence-electron chi connectivity index (χ3n) is 7.05. The molecule has 1 saturated heterocycles. The summed E-state index contributed by atoms with van der Waals surface area (Å²) in [5.74, 6) is 0.276. The van der Waals surface area contributed by atoms with Gasteiger partial charge in [-0.05, 0) is 68.4 Å². The second-order valence-corrected chi connectivity index (χ2v) is 9.28. The van der Waals surface area contributed by atoms with Gasteiger partial charge in [0.15, 0.2) is 0 Å². The van der Waals surface area contributed by atoms with Crippen LogP contribution in [0.1, 0.15) is 64.7 Å². The van der Waals surface area contributed by atoms with Gasteiger partial charge in [0, 0.05) is 31.9 Å². The van der Waals surface area contributed by atoms with Crippen LogP contribution in [0.2, 0.25) is 0 Å². The van der Waals surface area contributed by atoms with Crippen LogP contribution >= 0.6 is 0 Å². The number of nitrogens with one attached hydrogen (secondary N) is 1. The van der Waals surface area contributed by atoms with Gasteiger partial charge in [0.2, 0.25) is 0 Å². The number of hydrogen-bond donors (Lipinski definition) is 1. The van der Waals surface area contributed by atoms with Crippen LogP contribution in [-0.4, -0.2) is 45.5 Å². The number of fused-ring (bicyclic) bond motifs is 2. The first kappa shape index (κ1) is 23.6. The number of likely N-dealkylation sites (tertiary alicyclic amines) is 1. The molecule has 2 aromatic heterocycles. The number of hydrogen-bond acceptors (Lipinski definition) is 4. The van der Waals surface area contributed by atoms with Crippen molar-refractivity contribution >= 4 is 16.9 Å². The first-order chi connectivity index (χ1) is 16.8. The molecule has 186 valence electrons. The lowest BCUT2D eigenvalue weighted by molar-refractivity contribution is -0.137. The highest BCUT2D eigenvalue weighted by atomic mass is 19.4. The Morgan fingerprint density at radius 3 is 2.63 bits per heavy atom. The first-order valence-corrected chi connectivity index (χ1v) is 11.9. The molecule has 0 radical (unpaired) electrons. The predicted octanol–water partition coefficient (Wildman–Crippen LogP) is 4.25. The lowest BCUT2D eigenvalue weighted by atomic mass is 9.94. The predicted molar refractivity (Wildman–Crippen MR) is 123 cm³/mol. The van der Waals surface area contributed by atoms with E-state index in [9.17, 15) is 22.8 Å². The van der Waals surface area contributed by atoms with Gasteiger partial charge in [-0.3, -0.25) is 9.59 Å². The van der Waals surface area contributed by atoms with Gasteiger partial charge >= 0.3 is 6.18 Å². The second-order valence-electron chi connectivity index (χ2n) is 9.28. The van der Waals surface area contributed by atoms with E-state index in [1.807, 2.05) is 4.57 Å². The van der Waals surface area contributed by atoms with Gasteiger partial charge in [-0.1, -0.05) is 0 Å². The number of aryl methyl sites for hydroxylation is 2. The van der Waals surface area contributed by atoms with Crippen LogP contribution in [0.5, 0.6) is 0 Å². The normalized spacial score (nSPS) is 17.1. The smallest absolute Gasteiger partial charge is 0.377 e. The molecular weight excluding hydrogens is 461 g/mol. The number of nitrogens with zero attached hydrogens (tertiary/aromatic N) is 3. The van der Waals surface area contributed by atoms with E-state index >= 15 is 0 Å². The summed E-state index contributed by atoms with van der Waals surface area (Å²) in [5, 5.41) is 0. The third-order valence-corrected chi connectivity index (χ3v) is 7.05. The Labute approximate surface area is 199 Å². The molecule has 0 unspecified atom stereocenters. The van der Waals surface area contributed by atoms with Crippen molar-refractivity contribution in [3.63, 3.8) is 0 Å². The number of imidazole rings is 1. The van der Waals surface area contributed by atoms with Gasteiger partial charge in [-0.2, -0.15) is 13.2 Å². The van der Waals surface area contributed by atoms with Crippen molar-refractivity contribution in [2.24, 2.45) is 0 Å². The maximum Gasteiger partial charge on any atom is 0.416 e. The Hall–Kier alpha value is -3.14. The average molecular weight is 489 g/mol. The van der Waals surface area contributed by atoms with Crippen LogP contribution in [0.3, 0.4) is 0 Å². The number of carbonyl (C=O) groups is 1. The minimum atomic E-state index is -4.44. The topological polar surface area (TPSA) is 80.2 Å². The summed E-state index contributed by atoms with van der Waals surface area (Å²) in [5.41, 5.74) is 1.95. The molecule has 0 spiro atoms. The van der Waals surface area contributed by atoms with Gasteiger partial charge in [0.1, 0.15) is 18.0 Å². The largest absolute Gasteiger partial charge is 0.416 e. The molecule has 10 heteroatoms. The highest BCUT2D eigenvalue weighted by Crippen LogP contribution is 2.34. The monoisotopic (exact) mass is 488 g/mol. The fourth-order valence-corrected chi connectivity index (χ4v) is 5.29. The van der Waals surface area contributed by atoms with Crippen molar-refractivity contribution in [1.29, 1.82) is 0 Å². The van der Waals surface area contributed by atoms with Crippen molar-refractivity contribution in [2.45, 2.75) is 57.3 Å². The summed E-state index contributed by atoms with van der Waals surface area (Å²) < 4.78 is 46.7. The van der Waals surface area contributed by atoms with E-state index in [-0.39, 0.29) is 35.2 Å². The zero-order chi connectivity index (χ0) is 24.7. The first-order valence-electron chi connectivity index (χ1n) is 11.9. The highest BCUT2D eigenvalue weighted by Gasteiger charge is 2.33. The van der Waals surface area contributed by atoms with Crippen LogP contribution in [-0.2, 0) is 30.4 Å². The molecule has 35 heavy (non-hydrogen) atoms. The number of piperidine rings is 1. The minimum absolute atomic E-state index is 0.0484. The lowest BCUT2D eigenvalue weighted by Gasteiger charge is -2.33. The lowest BCUT2D eigenvalue weighted by Crippen LogP contribution is -2.41. The maximum atomic E-state index is 13.2. The number of ether oxygens (including phenoxy) is 1.